The fourth-order valence-corrected chi connectivity index (χ4v) is 4.83. The van der Waals surface area contributed by atoms with E-state index < -0.39 is 5.91 Å². The van der Waals surface area contributed by atoms with Crippen molar-refractivity contribution < 1.29 is 4.79 Å². The maximum absolute atomic E-state index is 13.5. The molecule has 5 N–H and O–H groups in total. The number of primary amides is 1. The number of allylic oxidation sites excluding steroid dienone is 1. The minimum Gasteiger partial charge on any atom is -0.381 e. The number of rotatable bonds is 5. The van der Waals surface area contributed by atoms with Crippen molar-refractivity contribution in [3.05, 3.63) is 94.4 Å². The normalized spacial score (nSPS) is 13.3. The van der Waals surface area contributed by atoms with Crippen LogP contribution in [0.4, 0.5) is 11.6 Å². The summed E-state index contributed by atoms with van der Waals surface area (Å²) >= 11 is 0. The first-order valence-electron chi connectivity index (χ1n) is 13.6. The molecule has 1 aliphatic heterocycles. The summed E-state index contributed by atoms with van der Waals surface area (Å²) in [5.41, 5.74) is 13.5. The highest BCUT2D eigenvalue weighted by atomic mass is 16.1. The number of nitrogens with zero attached hydrogens (tertiary/aromatic N) is 4. The molecule has 0 spiro atoms. The number of para-hydroxylation sites is 1. The standard InChI is InChI=1S/C24H24N2O.C8H11N5O/c1-2-21-17-20-8-6-7-19(12-11-18-13-15-25-16-14-18)23(20)24(27)26(21)22-9-4-3-5-10-22;1-3-4-11-8-5(7(10)14)6(9)12-13(8)2/h3-10,17-18,25H,2,13-16H2,1H3;3-4H,1H2,2H3,(H2,9,12)(H2,10,14)/b;11-4-. The highest BCUT2D eigenvalue weighted by molar-refractivity contribution is 6.02. The van der Waals surface area contributed by atoms with Gasteiger partial charge in [-0.1, -0.05) is 61.8 Å². The summed E-state index contributed by atoms with van der Waals surface area (Å²) in [5, 5.41) is 8.90. The molecule has 1 aliphatic rings. The predicted molar refractivity (Wildman–Crippen MR) is 166 cm³/mol. The molecule has 3 heterocycles. The second-order valence-electron chi connectivity index (χ2n) is 9.61. The number of benzene rings is 2. The van der Waals surface area contributed by atoms with E-state index in [1.165, 1.54) is 17.0 Å². The second kappa shape index (κ2) is 13.4. The maximum Gasteiger partial charge on any atom is 0.264 e. The van der Waals surface area contributed by atoms with Crippen LogP contribution in [0.15, 0.2) is 77.0 Å². The molecule has 0 saturated carbocycles. The van der Waals surface area contributed by atoms with Gasteiger partial charge in [-0.2, -0.15) is 5.10 Å². The van der Waals surface area contributed by atoms with Crippen LogP contribution in [0.1, 0.15) is 41.4 Å². The Labute approximate surface area is 239 Å². The summed E-state index contributed by atoms with van der Waals surface area (Å²) in [6.07, 6.45) is 5.86. The molecule has 0 atom stereocenters. The zero-order chi connectivity index (χ0) is 29.4. The lowest BCUT2D eigenvalue weighted by atomic mass is 9.97. The second-order valence-corrected chi connectivity index (χ2v) is 9.61. The number of carbonyl (C=O) groups excluding carboxylic acids is 1. The summed E-state index contributed by atoms with van der Waals surface area (Å²) in [4.78, 5) is 28.4. The van der Waals surface area contributed by atoms with Gasteiger partial charge in [0, 0.05) is 36.1 Å². The van der Waals surface area contributed by atoms with Crippen LogP contribution in [0, 0.1) is 17.8 Å². The van der Waals surface area contributed by atoms with Gasteiger partial charge < -0.3 is 16.8 Å². The molecule has 0 radical (unpaired) electrons. The first-order valence-corrected chi connectivity index (χ1v) is 13.6. The molecule has 5 rings (SSSR count). The third kappa shape index (κ3) is 6.62. The largest absolute Gasteiger partial charge is 0.381 e. The quantitative estimate of drug-likeness (QED) is 0.257. The summed E-state index contributed by atoms with van der Waals surface area (Å²) < 4.78 is 3.22. The number of fused-ring (bicyclic) bond motifs is 1. The Morgan fingerprint density at radius 3 is 2.59 bits per heavy atom. The van der Waals surface area contributed by atoms with Crippen molar-refractivity contribution in [3.63, 3.8) is 0 Å². The molecule has 9 nitrogen and oxygen atoms in total. The molecule has 2 aromatic heterocycles. The number of aryl methyl sites for hydroxylation is 2. The number of hydrogen-bond donors (Lipinski definition) is 3. The number of piperidine rings is 1. The number of nitrogens with one attached hydrogen (secondary N) is 1. The molecule has 210 valence electrons. The summed E-state index contributed by atoms with van der Waals surface area (Å²) in [6, 6.07) is 18.0. The third-order valence-corrected chi connectivity index (χ3v) is 6.84. The van der Waals surface area contributed by atoms with Gasteiger partial charge in [-0.05, 0) is 62.0 Å². The maximum atomic E-state index is 13.5. The first-order chi connectivity index (χ1) is 19.8. The van der Waals surface area contributed by atoms with E-state index in [0.717, 1.165) is 60.1 Å². The van der Waals surface area contributed by atoms with Gasteiger partial charge in [0.1, 0.15) is 5.56 Å². The average Bonchev–Trinajstić information content (AvgIpc) is 3.28. The highest BCUT2D eigenvalue weighted by Gasteiger charge is 2.17. The van der Waals surface area contributed by atoms with E-state index in [-0.39, 0.29) is 16.9 Å². The molecular weight excluding hydrogens is 514 g/mol. The van der Waals surface area contributed by atoms with E-state index >= 15 is 0 Å². The van der Waals surface area contributed by atoms with Crippen LogP contribution in [-0.2, 0) is 13.5 Å². The molecule has 1 fully saturated rings. The summed E-state index contributed by atoms with van der Waals surface area (Å²) in [7, 11) is 1.62. The number of aromatic nitrogens is 3. The smallest absolute Gasteiger partial charge is 0.264 e. The fourth-order valence-electron chi connectivity index (χ4n) is 4.83. The van der Waals surface area contributed by atoms with Crippen molar-refractivity contribution in [2.75, 3.05) is 18.8 Å². The number of aliphatic imine (C=N–C) groups is 1. The molecule has 4 aromatic rings. The molecule has 1 saturated heterocycles. The Balaban J connectivity index is 0.000000234. The molecule has 0 bridgehead atoms. The highest BCUT2D eigenvalue weighted by Crippen LogP contribution is 2.23. The Morgan fingerprint density at radius 1 is 1.20 bits per heavy atom. The van der Waals surface area contributed by atoms with Gasteiger partial charge in [0.15, 0.2) is 11.6 Å². The molecule has 1 amide bonds. The average molecular weight is 550 g/mol. The van der Waals surface area contributed by atoms with Gasteiger partial charge in [-0.15, -0.1) is 0 Å². The Hall–Kier alpha value is -4.94. The zero-order valence-corrected chi connectivity index (χ0v) is 23.4. The van der Waals surface area contributed by atoms with Crippen molar-refractivity contribution in [1.29, 1.82) is 0 Å². The number of pyridine rings is 1. The first kappa shape index (κ1) is 29.1. The number of carbonyl (C=O) groups is 1. The van der Waals surface area contributed by atoms with Gasteiger partial charge >= 0.3 is 0 Å². The van der Waals surface area contributed by atoms with E-state index in [0.29, 0.717) is 11.7 Å². The van der Waals surface area contributed by atoms with E-state index in [9.17, 15) is 9.59 Å². The van der Waals surface area contributed by atoms with E-state index in [4.69, 9.17) is 11.5 Å². The van der Waals surface area contributed by atoms with Gasteiger partial charge in [0.2, 0.25) is 0 Å². The number of nitrogens with two attached hydrogens (primary N) is 2. The molecule has 9 heteroatoms. The number of amides is 1. The monoisotopic (exact) mass is 549 g/mol. The van der Waals surface area contributed by atoms with Crippen molar-refractivity contribution in [3.8, 4) is 17.5 Å². The van der Waals surface area contributed by atoms with Crippen molar-refractivity contribution in [2.24, 2.45) is 23.7 Å². The third-order valence-electron chi connectivity index (χ3n) is 6.84. The van der Waals surface area contributed by atoms with Gasteiger partial charge in [0.25, 0.3) is 11.5 Å². The van der Waals surface area contributed by atoms with E-state index in [1.807, 2.05) is 53.1 Å². The Bertz CT molecular complexity index is 1700. The summed E-state index contributed by atoms with van der Waals surface area (Å²) in [6.45, 7) is 7.59. The Kier molecular flexibility index (Phi) is 9.51. The molecule has 0 unspecified atom stereocenters. The minimum absolute atomic E-state index is 0.0192. The van der Waals surface area contributed by atoms with E-state index in [1.54, 1.807) is 7.05 Å². The van der Waals surface area contributed by atoms with Crippen molar-refractivity contribution in [1.82, 2.24) is 19.7 Å². The van der Waals surface area contributed by atoms with E-state index in [2.05, 4.69) is 46.8 Å². The SMILES string of the molecule is C=C/C=N\c1c(C(N)=O)c(N)nn1C.CCc1cc2cccc(C#CC3CCNCC3)c2c(=O)n1-c1ccccc1. The number of hydrogen-bond acceptors (Lipinski definition) is 6. The molecular formula is C32H35N7O2. The van der Waals surface area contributed by atoms with Crippen LogP contribution in [0.5, 0.6) is 0 Å². The molecule has 0 aliphatic carbocycles. The van der Waals surface area contributed by atoms with Crippen LogP contribution in [0.25, 0.3) is 16.5 Å². The molecule has 2 aromatic carbocycles. The van der Waals surface area contributed by atoms with Gasteiger partial charge in [-0.25, -0.2) is 9.67 Å². The van der Waals surface area contributed by atoms with Crippen LogP contribution < -0.4 is 22.3 Å². The summed E-state index contributed by atoms with van der Waals surface area (Å²) in [5.74, 6) is 6.90. The van der Waals surface area contributed by atoms with Crippen LogP contribution in [0.2, 0.25) is 0 Å². The predicted octanol–water partition coefficient (Wildman–Crippen LogP) is 3.89. The zero-order valence-electron chi connectivity index (χ0n) is 23.4. The minimum atomic E-state index is -0.646. The molecule has 41 heavy (non-hydrogen) atoms. The van der Waals surface area contributed by atoms with Crippen molar-refractivity contribution in [2.45, 2.75) is 26.2 Å². The van der Waals surface area contributed by atoms with Crippen molar-refractivity contribution >= 4 is 34.5 Å². The fraction of sp³-hybridized carbons (Fsp3) is 0.250. The lowest BCUT2D eigenvalue weighted by Gasteiger charge is -2.17. The van der Waals surface area contributed by atoms with Crippen LogP contribution in [-0.4, -0.2) is 39.6 Å². The van der Waals surface area contributed by atoms with Crippen LogP contribution in [0.3, 0.4) is 0 Å². The lowest BCUT2D eigenvalue weighted by Crippen LogP contribution is -2.27. The lowest BCUT2D eigenvalue weighted by molar-refractivity contribution is 0.100. The van der Waals surface area contributed by atoms with Gasteiger partial charge in [-0.3, -0.25) is 14.2 Å². The number of nitrogen functional groups attached to an aromatic ring is 1. The topological polar surface area (TPSA) is 133 Å². The Morgan fingerprint density at radius 2 is 1.93 bits per heavy atom. The van der Waals surface area contributed by atoms with Crippen LogP contribution >= 0.6 is 0 Å². The number of anilines is 1. The van der Waals surface area contributed by atoms with Gasteiger partial charge in [0.05, 0.1) is 5.39 Å².